The summed E-state index contributed by atoms with van der Waals surface area (Å²) in [6.45, 7) is 0. The Bertz CT molecular complexity index is 196. The predicted octanol–water partition coefficient (Wildman–Crippen LogP) is 0.526. The minimum absolute atomic E-state index is 0.692. The van der Waals surface area contributed by atoms with Crippen LogP contribution in [0.3, 0.4) is 0 Å². The van der Waals surface area contributed by atoms with Crippen molar-refractivity contribution in [2.45, 2.75) is 0 Å². The molecule has 42 valence electrons. The second-order valence-corrected chi connectivity index (χ2v) is 2.17. The zero-order valence-electron chi connectivity index (χ0n) is 3.91. The largest absolute Gasteiger partial charge is 0.278 e. The SMILES string of the molecule is O=Cn1ccnc1I. The van der Waals surface area contributed by atoms with E-state index in [1.807, 2.05) is 22.6 Å². The molecule has 1 aromatic rings. The normalized spacial score (nSPS) is 9.12. The summed E-state index contributed by atoms with van der Waals surface area (Å²) >= 11 is 1.98. The summed E-state index contributed by atoms with van der Waals surface area (Å²) in [4.78, 5) is 13.8. The van der Waals surface area contributed by atoms with Crippen molar-refractivity contribution in [1.82, 2.24) is 9.55 Å². The van der Waals surface area contributed by atoms with Gasteiger partial charge in [0.25, 0.3) is 0 Å². The fraction of sp³-hybridized carbons (Fsp3) is 0. The summed E-state index contributed by atoms with van der Waals surface area (Å²) < 4.78 is 2.10. The molecule has 0 saturated heterocycles. The predicted molar refractivity (Wildman–Crippen MR) is 37.1 cm³/mol. The van der Waals surface area contributed by atoms with Gasteiger partial charge in [0, 0.05) is 35.0 Å². The van der Waals surface area contributed by atoms with Gasteiger partial charge < -0.3 is 0 Å². The van der Waals surface area contributed by atoms with Crippen LogP contribution in [0.5, 0.6) is 0 Å². The minimum atomic E-state index is 0.692. The van der Waals surface area contributed by atoms with E-state index in [2.05, 4.69) is 4.98 Å². The van der Waals surface area contributed by atoms with Crippen molar-refractivity contribution in [3.63, 3.8) is 0 Å². The van der Waals surface area contributed by atoms with E-state index >= 15 is 0 Å². The highest BCUT2D eigenvalue weighted by molar-refractivity contribution is 14.1. The van der Waals surface area contributed by atoms with E-state index in [4.69, 9.17) is 0 Å². The summed E-state index contributed by atoms with van der Waals surface area (Å²) in [6, 6.07) is 0. The molecule has 0 bridgehead atoms. The van der Waals surface area contributed by atoms with Gasteiger partial charge in [-0.2, -0.15) is 0 Å². The molecular weight excluding hydrogens is 219 g/mol. The van der Waals surface area contributed by atoms with Gasteiger partial charge in [0.2, 0.25) is 6.41 Å². The second-order valence-electron chi connectivity index (χ2n) is 1.21. The van der Waals surface area contributed by atoms with Crippen LogP contribution in [0.25, 0.3) is 0 Å². The van der Waals surface area contributed by atoms with Gasteiger partial charge in [0.05, 0.1) is 0 Å². The average Bonchev–Trinajstić information content (AvgIpc) is 2.14. The highest BCUT2D eigenvalue weighted by Crippen LogP contribution is 1.96. The Hall–Kier alpha value is -0.390. The van der Waals surface area contributed by atoms with Crippen LogP contribution in [0.15, 0.2) is 12.4 Å². The zero-order valence-corrected chi connectivity index (χ0v) is 6.07. The first-order chi connectivity index (χ1) is 3.84. The van der Waals surface area contributed by atoms with Crippen molar-refractivity contribution in [2.24, 2.45) is 0 Å². The van der Waals surface area contributed by atoms with Gasteiger partial charge in [0.1, 0.15) is 0 Å². The molecule has 3 nitrogen and oxygen atoms in total. The molecule has 0 aliphatic heterocycles. The monoisotopic (exact) mass is 222 g/mol. The molecule has 0 unspecified atom stereocenters. The third kappa shape index (κ3) is 0.885. The number of carbonyl (C=O) groups excluding carboxylic acids is 1. The molecule has 8 heavy (non-hydrogen) atoms. The summed E-state index contributed by atoms with van der Waals surface area (Å²) in [5.41, 5.74) is 0. The van der Waals surface area contributed by atoms with Crippen LogP contribution in [0.2, 0.25) is 0 Å². The van der Waals surface area contributed by atoms with Gasteiger partial charge in [-0.25, -0.2) is 4.98 Å². The van der Waals surface area contributed by atoms with E-state index < -0.39 is 0 Å². The van der Waals surface area contributed by atoms with Crippen LogP contribution in [0.1, 0.15) is 0 Å². The summed E-state index contributed by atoms with van der Waals surface area (Å²) in [5, 5.41) is 0. The van der Waals surface area contributed by atoms with Crippen molar-refractivity contribution in [2.75, 3.05) is 0 Å². The van der Waals surface area contributed by atoms with E-state index in [9.17, 15) is 4.79 Å². The number of carbonyl (C=O) groups is 1. The standard InChI is InChI=1S/C4H3IN2O/c5-4-6-1-2-7(4)3-8/h1-3H. The summed E-state index contributed by atoms with van der Waals surface area (Å²) in [6.07, 6.45) is 3.90. The Morgan fingerprint density at radius 1 is 1.88 bits per heavy atom. The lowest BCUT2D eigenvalue weighted by Gasteiger charge is -1.83. The molecule has 0 aliphatic carbocycles. The average molecular weight is 222 g/mol. The second kappa shape index (κ2) is 2.25. The third-order valence-electron chi connectivity index (χ3n) is 0.735. The lowest BCUT2D eigenvalue weighted by molar-refractivity contribution is 0.546. The van der Waals surface area contributed by atoms with E-state index in [1.54, 1.807) is 12.4 Å². The van der Waals surface area contributed by atoms with Crippen LogP contribution >= 0.6 is 22.6 Å². The molecule has 0 radical (unpaired) electrons. The molecular formula is C4H3IN2O. The number of nitrogens with zero attached hydrogens (tertiary/aromatic N) is 2. The molecule has 0 fully saturated rings. The van der Waals surface area contributed by atoms with Gasteiger partial charge in [-0.3, -0.25) is 9.36 Å². The summed E-state index contributed by atoms with van der Waals surface area (Å²) in [5.74, 6) is 0. The quantitative estimate of drug-likeness (QED) is 0.513. The fourth-order valence-electron chi connectivity index (χ4n) is 0.373. The van der Waals surface area contributed by atoms with Gasteiger partial charge in [0.15, 0.2) is 3.83 Å². The first-order valence-electron chi connectivity index (χ1n) is 1.98. The van der Waals surface area contributed by atoms with Gasteiger partial charge in [-0.1, -0.05) is 0 Å². The lowest BCUT2D eigenvalue weighted by atomic mass is 10.9. The van der Waals surface area contributed by atoms with Crippen molar-refractivity contribution < 1.29 is 4.79 Å². The Morgan fingerprint density at radius 3 is 2.88 bits per heavy atom. The minimum Gasteiger partial charge on any atom is -0.278 e. The fourth-order valence-corrected chi connectivity index (χ4v) is 0.809. The number of hydrogen-bond acceptors (Lipinski definition) is 2. The summed E-state index contributed by atoms with van der Waals surface area (Å²) in [7, 11) is 0. The molecule has 0 saturated carbocycles. The number of imidazole rings is 1. The number of rotatable bonds is 1. The molecule has 0 atom stereocenters. The molecule has 0 amide bonds. The highest BCUT2D eigenvalue weighted by Gasteiger charge is 1.91. The van der Waals surface area contributed by atoms with Crippen molar-refractivity contribution in [1.29, 1.82) is 0 Å². The van der Waals surface area contributed by atoms with Crippen LogP contribution in [-0.4, -0.2) is 16.0 Å². The van der Waals surface area contributed by atoms with Crippen LogP contribution in [0, 0.1) is 3.83 Å². The lowest BCUT2D eigenvalue weighted by Crippen LogP contribution is -1.94. The van der Waals surface area contributed by atoms with Crippen molar-refractivity contribution in [3.05, 3.63) is 16.2 Å². The number of hydrogen-bond donors (Lipinski definition) is 0. The molecule has 0 aliphatic rings. The molecule has 1 aromatic heterocycles. The van der Waals surface area contributed by atoms with E-state index in [0.717, 1.165) is 6.41 Å². The molecule has 1 heterocycles. The maximum absolute atomic E-state index is 10.0. The topological polar surface area (TPSA) is 34.9 Å². The van der Waals surface area contributed by atoms with Crippen molar-refractivity contribution in [3.8, 4) is 0 Å². The molecule has 0 N–H and O–H groups in total. The Morgan fingerprint density at radius 2 is 2.62 bits per heavy atom. The number of halogens is 1. The Balaban J connectivity index is 3.09. The Labute approximate surface area is 59.9 Å². The van der Waals surface area contributed by atoms with Crippen LogP contribution < -0.4 is 0 Å². The van der Waals surface area contributed by atoms with E-state index in [1.165, 1.54) is 4.57 Å². The molecule has 4 heteroatoms. The molecule has 1 rings (SSSR count). The first-order valence-corrected chi connectivity index (χ1v) is 3.06. The first kappa shape index (κ1) is 5.74. The van der Waals surface area contributed by atoms with Gasteiger partial charge in [-0.05, 0) is 0 Å². The smallest absolute Gasteiger partial charge is 0.219 e. The third-order valence-corrected chi connectivity index (χ3v) is 1.57. The van der Waals surface area contributed by atoms with Crippen LogP contribution in [-0.2, 0) is 4.79 Å². The maximum atomic E-state index is 10.0. The van der Waals surface area contributed by atoms with Crippen molar-refractivity contribution >= 4 is 29.0 Å². The zero-order chi connectivity index (χ0) is 5.98. The number of aromatic nitrogens is 2. The molecule has 0 spiro atoms. The van der Waals surface area contributed by atoms with Crippen LogP contribution in [0.4, 0.5) is 0 Å². The highest BCUT2D eigenvalue weighted by atomic mass is 127. The van der Waals surface area contributed by atoms with E-state index in [-0.39, 0.29) is 0 Å². The van der Waals surface area contributed by atoms with Gasteiger partial charge in [-0.15, -0.1) is 0 Å². The maximum Gasteiger partial charge on any atom is 0.219 e. The molecule has 0 aromatic carbocycles. The van der Waals surface area contributed by atoms with Gasteiger partial charge >= 0.3 is 0 Å². The van der Waals surface area contributed by atoms with E-state index in [0.29, 0.717) is 3.83 Å². The Kier molecular flexibility index (Phi) is 1.62.